The highest BCUT2D eigenvalue weighted by molar-refractivity contribution is 7.90. The lowest BCUT2D eigenvalue weighted by Crippen LogP contribution is -2.36. The van der Waals surface area contributed by atoms with Gasteiger partial charge in [-0.05, 0) is 18.9 Å². The Hall–Kier alpha value is -0.500. The SMILES string of the molecule is CCNS(=O)(=O)[C@H]1CCN(Cc2cnc(CC(C)C)s2)C1. The molecule has 0 unspecified atom stereocenters. The minimum atomic E-state index is -3.15. The summed E-state index contributed by atoms with van der Waals surface area (Å²) in [6.07, 6.45) is 3.67. The van der Waals surface area contributed by atoms with Gasteiger partial charge in [0.05, 0.1) is 10.3 Å². The Labute approximate surface area is 131 Å². The van der Waals surface area contributed by atoms with Crippen LogP contribution >= 0.6 is 11.3 Å². The van der Waals surface area contributed by atoms with Gasteiger partial charge in [0, 0.05) is 37.1 Å². The Morgan fingerprint density at radius 3 is 2.95 bits per heavy atom. The van der Waals surface area contributed by atoms with Crippen molar-refractivity contribution in [2.45, 2.75) is 45.4 Å². The number of sulfonamides is 1. The van der Waals surface area contributed by atoms with E-state index in [2.05, 4.69) is 28.5 Å². The summed E-state index contributed by atoms with van der Waals surface area (Å²) >= 11 is 1.75. The first kappa shape index (κ1) is 16.9. The van der Waals surface area contributed by atoms with Crippen LogP contribution in [0, 0.1) is 5.92 Å². The number of nitrogens with zero attached hydrogens (tertiary/aromatic N) is 2. The maximum atomic E-state index is 12.0. The second kappa shape index (κ2) is 7.17. The number of rotatable bonds is 7. The summed E-state index contributed by atoms with van der Waals surface area (Å²) < 4.78 is 26.6. The average molecular weight is 332 g/mol. The van der Waals surface area contributed by atoms with E-state index in [1.54, 1.807) is 11.3 Å². The van der Waals surface area contributed by atoms with Crippen LogP contribution in [0.25, 0.3) is 0 Å². The molecule has 0 spiro atoms. The lowest BCUT2D eigenvalue weighted by Gasteiger charge is -2.15. The van der Waals surface area contributed by atoms with Crippen molar-refractivity contribution < 1.29 is 8.42 Å². The van der Waals surface area contributed by atoms with E-state index in [1.807, 2.05) is 13.1 Å². The Kier molecular flexibility index (Phi) is 5.76. The molecular formula is C14H25N3O2S2. The van der Waals surface area contributed by atoms with Gasteiger partial charge in [0.15, 0.2) is 0 Å². The van der Waals surface area contributed by atoms with E-state index < -0.39 is 10.0 Å². The molecule has 2 heterocycles. The van der Waals surface area contributed by atoms with Crippen molar-refractivity contribution in [3.63, 3.8) is 0 Å². The van der Waals surface area contributed by atoms with E-state index in [9.17, 15) is 8.42 Å². The first-order chi connectivity index (χ1) is 9.90. The molecule has 7 heteroatoms. The van der Waals surface area contributed by atoms with E-state index in [4.69, 9.17) is 0 Å². The minimum absolute atomic E-state index is 0.277. The number of hydrogen-bond donors (Lipinski definition) is 1. The topological polar surface area (TPSA) is 62.3 Å². The maximum Gasteiger partial charge on any atom is 0.215 e. The molecule has 1 saturated heterocycles. The molecule has 1 aliphatic heterocycles. The molecule has 0 radical (unpaired) electrons. The Morgan fingerprint density at radius 1 is 1.52 bits per heavy atom. The van der Waals surface area contributed by atoms with Crippen LogP contribution in [0.1, 0.15) is 37.1 Å². The molecular weight excluding hydrogens is 306 g/mol. The van der Waals surface area contributed by atoms with Crippen molar-refractivity contribution in [2.75, 3.05) is 19.6 Å². The number of aromatic nitrogens is 1. The Bertz CT molecular complexity index is 554. The number of thiazole rings is 1. The second-order valence-corrected chi connectivity index (χ2v) is 9.25. The van der Waals surface area contributed by atoms with Gasteiger partial charge >= 0.3 is 0 Å². The highest BCUT2D eigenvalue weighted by Gasteiger charge is 2.32. The largest absolute Gasteiger partial charge is 0.297 e. The van der Waals surface area contributed by atoms with Crippen LogP contribution in [0.4, 0.5) is 0 Å². The third-order valence-electron chi connectivity index (χ3n) is 3.58. The first-order valence-electron chi connectivity index (χ1n) is 7.55. The zero-order valence-corrected chi connectivity index (χ0v) is 14.6. The van der Waals surface area contributed by atoms with E-state index >= 15 is 0 Å². The van der Waals surface area contributed by atoms with Gasteiger partial charge in [-0.1, -0.05) is 20.8 Å². The molecule has 1 aromatic rings. The molecule has 0 aliphatic carbocycles. The normalized spacial score (nSPS) is 20.5. The molecule has 5 nitrogen and oxygen atoms in total. The molecule has 1 aromatic heterocycles. The standard InChI is InChI=1S/C14H25N3O2S2/c1-4-16-21(18,19)13-5-6-17(10-13)9-12-8-15-14(20-12)7-11(2)3/h8,11,13,16H,4-7,9-10H2,1-3H3/t13-/m0/s1. The van der Waals surface area contributed by atoms with Gasteiger partial charge in [-0.2, -0.15) is 0 Å². The number of likely N-dealkylation sites (tertiary alicyclic amines) is 1. The fourth-order valence-electron chi connectivity index (χ4n) is 2.60. The smallest absolute Gasteiger partial charge is 0.215 e. The summed E-state index contributed by atoms with van der Waals surface area (Å²) in [5.74, 6) is 0.616. The maximum absolute atomic E-state index is 12.0. The van der Waals surface area contributed by atoms with Crippen molar-refractivity contribution in [3.05, 3.63) is 16.1 Å². The van der Waals surface area contributed by atoms with Crippen molar-refractivity contribution >= 4 is 21.4 Å². The molecule has 1 atom stereocenters. The van der Waals surface area contributed by atoms with Gasteiger partial charge in [-0.3, -0.25) is 4.90 Å². The summed E-state index contributed by atoms with van der Waals surface area (Å²) in [5.41, 5.74) is 0. The van der Waals surface area contributed by atoms with E-state index in [0.717, 1.165) is 19.5 Å². The Balaban J connectivity index is 1.89. The number of hydrogen-bond acceptors (Lipinski definition) is 5. The van der Waals surface area contributed by atoms with Crippen molar-refractivity contribution in [1.82, 2.24) is 14.6 Å². The van der Waals surface area contributed by atoms with Gasteiger partial charge in [-0.25, -0.2) is 18.1 Å². The summed E-state index contributed by atoms with van der Waals surface area (Å²) in [7, 11) is -3.15. The molecule has 1 N–H and O–H groups in total. The summed E-state index contributed by atoms with van der Waals surface area (Å²) in [6, 6.07) is 0. The molecule has 120 valence electrons. The van der Waals surface area contributed by atoms with Crippen LogP contribution in [0.15, 0.2) is 6.20 Å². The van der Waals surface area contributed by atoms with Crippen LogP contribution in [-0.4, -0.2) is 43.2 Å². The fourth-order valence-corrected chi connectivity index (χ4v) is 5.24. The van der Waals surface area contributed by atoms with Gasteiger partial charge in [0.25, 0.3) is 0 Å². The molecule has 2 rings (SSSR count). The quantitative estimate of drug-likeness (QED) is 0.828. The van der Waals surface area contributed by atoms with Crippen LogP contribution < -0.4 is 4.72 Å². The molecule has 0 bridgehead atoms. The fraction of sp³-hybridized carbons (Fsp3) is 0.786. The molecule has 0 aromatic carbocycles. The zero-order chi connectivity index (χ0) is 15.5. The van der Waals surface area contributed by atoms with Crippen molar-refractivity contribution in [2.24, 2.45) is 5.92 Å². The average Bonchev–Trinajstić information content (AvgIpc) is 2.99. The summed E-state index contributed by atoms with van der Waals surface area (Å²) in [5, 5.41) is 0.900. The van der Waals surface area contributed by atoms with Crippen LogP contribution in [0.2, 0.25) is 0 Å². The summed E-state index contributed by atoms with van der Waals surface area (Å²) in [4.78, 5) is 7.90. The molecule has 1 aliphatic rings. The van der Waals surface area contributed by atoms with Gasteiger partial charge in [0.1, 0.15) is 0 Å². The molecule has 0 amide bonds. The lowest BCUT2D eigenvalue weighted by molar-refractivity contribution is 0.334. The predicted molar refractivity (Wildman–Crippen MR) is 86.9 cm³/mol. The number of nitrogens with one attached hydrogen (secondary N) is 1. The highest BCUT2D eigenvalue weighted by atomic mass is 32.2. The monoisotopic (exact) mass is 331 g/mol. The summed E-state index contributed by atoms with van der Waals surface area (Å²) in [6.45, 7) is 8.94. The molecule has 0 saturated carbocycles. The highest BCUT2D eigenvalue weighted by Crippen LogP contribution is 2.22. The Morgan fingerprint density at radius 2 is 2.29 bits per heavy atom. The van der Waals surface area contributed by atoms with Crippen molar-refractivity contribution in [1.29, 1.82) is 0 Å². The van der Waals surface area contributed by atoms with Gasteiger partial charge < -0.3 is 0 Å². The first-order valence-corrected chi connectivity index (χ1v) is 9.91. The second-order valence-electron chi connectivity index (χ2n) is 6.01. The third kappa shape index (κ3) is 4.74. The van der Waals surface area contributed by atoms with Crippen molar-refractivity contribution in [3.8, 4) is 0 Å². The lowest BCUT2D eigenvalue weighted by atomic mass is 10.1. The third-order valence-corrected chi connectivity index (χ3v) is 6.54. The minimum Gasteiger partial charge on any atom is -0.297 e. The van der Waals surface area contributed by atoms with Gasteiger partial charge in [0.2, 0.25) is 10.0 Å². The van der Waals surface area contributed by atoms with E-state index in [1.165, 1.54) is 9.88 Å². The van der Waals surface area contributed by atoms with E-state index in [0.29, 0.717) is 25.4 Å². The van der Waals surface area contributed by atoms with Crippen LogP contribution in [-0.2, 0) is 23.0 Å². The van der Waals surface area contributed by atoms with Gasteiger partial charge in [-0.15, -0.1) is 11.3 Å². The zero-order valence-electron chi connectivity index (χ0n) is 13.0. The molecule has 1 fully saturated rings. The molecule has 21 heavy (non-hydrogen) atoms. The van der Waals surface area contributed by atoms with E-state index in [-0.39, 0.29) is 5.25 Å². The van der Waals surface area contributed by atoms with Crippen LogP contribution in [0.5, 0.6) is 0 Å². The van der Waals surface area contributed by atoms with Crippen LogP contribution in [0.3, 0.4) is 0 Å². The predicted octanol–water partition coefficient (Wildman–Crippen LogP) is 1.86.